The number of rotatable bonds is 5. The van der Waals surface area contributed by atoms with Gasteiger partial charge in [0.25, 0.3) is 0 Å². The molecule has 0 bridgehead atoms. The average molecular weight is 277 g/mol. The number of carboxylic acid groups (broad SMARTS) is 2. The van der Waals surface area contributed by atoms with Crippen LogP contribution < -0.4 is 14.9 Å². The van der Waals surface area contributed by atoms with E-state index >= 15 is 0 Å². The highest BCUT2D eigenvalue weighted by Crippen LogP contribution is 2.28. The lowest BCUT2D eigenvalue weighted by atomic mass is 10.2. The zero-order valence-electron chi connectivity index (χ0n) is 8.31. The van der Waals surface area contributed by atoms with E-state index in [0.717, 1.165) is 0 Å². The number of aliphatic carboxylic acids is 2. The van der Waals surface area contributed by atoms with Crippen LogP contribution in [0.5, 0.6) is 5.75 Å². The number of hydrogen-bond acceptors (Lipinski definition) is 5. The number of carboxylic acids is 2. The predicted molar refractivity (Wildman–Crippen MR) is 55.5 cm³/mol. The fraction of sp³-hybridized carbons (Fsp3) is 0.200. The lowest BCUT2D eigenvalue weighted by Crippen LogP contribution is -2.43. The number of hydrogen-bond donors (Lipinski definition) is 0. The molecule has 0 unspecified atom stereocenters. The van der Waals surface area contributed by atoms with E-state index in [1.165, 1.54) is 18.2 Å². The molecule has 1 rings (SSSR count). The lowest BCUT2D eigenvalue weighted by molar-refractivity contribution is -0.322. The number of carbonyl (C=O) groups is 2. The van der Waals surface area contributed by atoms with Crippen LogP contribution in [0.15, 0.2) is 18.2 Å². The summed E-state index contributed by atoms with van der Waals surface area (Å²) in [6.45, 7) is 0. The minimum Gasteiger partial charge on any atom is -0.550 e. The van der Waals surface area contributed by atoms with Crippen LogP contribution in [0.25, 0.3) is 0 Å². The Balaban J connectivity index is 2.86. The third kappa shape index (κ3) is 4.13. The van der Waals surface area contributed by atoms with Crippen molar-refractivity contribution in [1.82, 2.24) is 0 Å². The molecule has 1 aromatic carbocycles. The van der Waals surface area contributed by atoms with Crippen molar-refractivity contribution in [3.8, 4) is 5.75 Å². The van der Waals surface area contributed by atoms with Gasteiger partial charge < -0.3 is 24.5 Å². The molecule has 0 radical (unpaired) electrons. The first-order chi connectivity index (χ1) is 7.90. The Kier molecular flexibility index (Phi) is 4.60. The van der Waals surface area contributed by atoms with Crippen LogP contribution in [0.4, 0.5) is 0 Å². The van der Waals surface area contributed by atoms with E-state index < -0.39 is 24.5 Å². The average Bonchev–Trinajstić information content (AvgIpc) is 2.19. The SMILES string of the molecule is O=C([O-])C[C@H](Oc1ccc(Cl)cc1Cl)C(=O)[O-]. The van der Waals surface area contributed by atoms with Crippen LogP contribution >= 0.6 is 23.2 Å². The summed E-state index contributed by atoms with van der Waals surface area (Å²) in [6, 6.07) is 4.09. The summed E-state index contributed by atoms with van der Waals surface area (Å²) >= 11 is 11.4. The summed E-state index contributed by atoms with van der Waals surface area (Å²) < 4.78 is 4.90. The highest BCUT2D eigenvalue weighted by Gasteiger charge is 2.14. The van der Waals surface area contributed by atoms with Crippen molar-refractivity contribution in [3.05, 3.63) is 28.2 Å². The summed E-state index contributed by atoms with van der Waals surface area (Å²) in [7, 11) is 0. The predicted octanol–water partition coefficient (Wildman–Crippen LogP) is -0.369. The molecule has 5 nitrogen and oxygen atoms in total. The van der Waals surface area contributed by atoms with Crippen molar-refractivity contribution in [2.75, 3.05) is 0 Å². The normalized spacial score (nSPS) is 11.9. The molecule has 92 valence electrons. The largest absolute Gasteiger partial charge is 0.550 e. The van der Waals surface area contributed by atoms with Gasteiger partial charge in [-0.2, -0.15) is 0 Å². The van der Waals surface area contributed by atoms with Gasteiger partial charge in [-0.15, -0.1) is 0 Å². The third-order valence-corrected chi connectivity index (χ3v) is 2.31. The van der Waals surface area contributed by atoms with Gasteiger partial charge >= 0.3 is 0 Å². The van der Waals surface area contributed by atoms with Crippen molar-refractivity contribution < 1.29 is 24.5 Å². The summed E-state index contributed by atoms with van der Waals surface area (Å²) in [5, 5.41) is 21.3. The summed E-state index contributed by atoms with van der Waals surface area (Å²) in [5.41, 5.74) is 0. The van der Waals surface area contributed by atoms with Crippen molar-refractivity contribution in [2.24, 2.45) is 0 Å². The molecule has 0 aliphatic rings. The minimum atomic E-state index is -1.67. The summed E-state index contributed by atoms with van der Waals surface area (Å²) in [4.78, 5) is 20.9. The molecule has 0 heterocycles. The monoisotopic (exact) mass is 276 g/mol. The number of carbonyl (C=O) groups excluding carboxylic acids is 2. The van der Waals surface area contributed by atoms with Gasteiger partial charge in [0.1, 0.15) is 11.9 Å². The first kappa shape index (κ1) is 13.6. The summed E-state index contributed by atoms with van der Waals surface area (Å²) in [6.07, 6.45) is -2.50. The first-order valence-electron chi connectivity index (χ1n) is 4.42. The second-order valence-corrected chi connectivity index (χ2v) is 3.92. The zero-order chi connectivity index (χ0) is 13.0. The van der Waals surface area contributed by atoms with Gasteiger partial charge in [0.05, 0.1) is 11.0 Å². The van der Waals surface area contributed by atoms with Crippen molar-refractivity contribution in [3.63, 3.8) is 0 Å². The molecular weight excluding hydrogens is 271 g/mol. The first-order valence-corrected chi connectivity index (χ1v) is 5.18. The number of benzene rings is 1. The van der Waals surface area contributed by atoms with E-state index in [1.807, 2.05) is 0 Å². The molecule has 0 fully saturated rings. The molecule has 1 aromatic rings. The molecule has 7 heteroatoms. The van der Waals surface area contributed by atoms with E-state index in [1.54, 1.807) is 0 Å². The maximum absolute atomic E-state index is 10.6. The van der Waals surface area contributed by atoms with Crippen molar-refractivity contribution in [1.29, 1.82) is 0 Å². The smallest absolute Gasteiger partial charge is 0.143 e. The molecule has 0 spiro atoms. The Morgan fingerprint density at radius 2 is 1.94 bits per heavy atom. The van der Waals surface area contributed by atoms with E-state index in [9.17, 15) is 19.8 Å². The second-order valence-electron chi connectivity index (χ2n) is 3.08. The lowest BCUT2D eigenvalue weighted by Gasteiger charge is -2.21. The Bertz CT molecular complexity index is 446. The van der Waals surface area contributed by atoms with Crippen molar-refractivity contribution >= 4 is 35.1 Å². The van der Waals surface area contributed by atoms with Crippen LogP contribution in [0.3, 0.4) is 0 Å². The molecule has 0 aliphatic heterocycles. The molecule has 17 heavy (non-hydrogen) atoms. The van der Waals surface area contributed by atoms with Gasteiger partial charge in [0, 0.05) is 17.4 Å². The van der Waals surface area contributed by atoms with E-state index in [-0.39, 0.29) is 10.8 Å². The van der Waals surface area contributed by atoms with Gasteiger partial charge in [-0.25, -0.2) is 0 Å². The molecule has 0 aliphatic carbocycles. The quantitative estimate of drug-likeness (QED) is 0.732. The topological polar surface area (TPSA) is 89.5 Å². The fourth-order valence-corrected chi connectivity index (χ4v) is 1.50. The Hall–Kier alpha value is -1.46. The second kappa shape index (κ2) is 5.75. The summed E-state index contributed by atoms with van der Waals surface area (Å²) in [5.74, 6) is -3.23. The van der Waals surface area contributed by atoms with Gasteiger partial charge in [-0.3, -0.25) is 0 Å². The van der Waals surface area contributed by atoms with Crippen LogP contribution in [0, 0.1) is 0 Å². The molecule has 0 amide bonds. The highest BCUT2D eigenvalue weighted by atomic mass is 35.5. The molecule has 0 saturated carbocycles. The van der Waals surface area contributed by atoms with Crippen LogP contribution in [0.1, 0.15) is 6.42 Å². The van der Waals surface area contributed by atoms with Gasteiger partial charge in [-0.1, -0.05) is 23.2 Å². The fourth-order valence-electron chi connectivity index (χ4n) is 1.05. The van der Waals surface area contributed by atoms with Gasteiger partial charge in [0.15, 0.2) is 0 Å². The highest BCUT2D eigenvalue weighted by molar-refractivity contribution is 6.35. The molecule has 1 atom stereocenters. The Morgan fingerprint density at radius 3 is 2.41 bits per heavy atom. The van der Waals surface area contributed by atoms with Crippen LogP contribution in [-0.4, -0.2) is 18.0 Å². The number of halogens is 2. The Labute approximate surface area is 107 Å². The number of ether oxygens (including phenoxy) is 1. The van der Waals surface area contributed by atoms with E-state index in [4.69, 9.17) is 27.9 Å². The molecule has 0 N–H and O–H groups in total. The maximum Gasteiger partial charge on any atom is 0.143 e. The van der Waals surface area contributed by atoms with Gasteiger partial charge in [-0.05, 0) is 18.2 Å². The third-order valence-electron chi connectivity index (χ3n) is 1.78. The Morgan fingerprint density at radius 1 is 1.29 bits per heavy atom. The molecule has 0 aromatic heterocycles. The maximum atomic E-state index is 10.6. The van der Waals surface area contributed by atoms with Crippen LogP contribution in [0.2, 0.25) is 10.0 Å². The van der Waals surface area contributed by atoms with Crippen LogP contribution in [-0.2, 0) is 9.59 Å². The molecule has 0 saturated heterocycles. The van der Waals surface area contributed by atoms with E-state index in [2.05, 4.69) is 0 Å². The molecular formula is C10H6Cl2O5-2. The van der Waals surface area contributed by atoms with E-state index in [0.29, 0.717) is 5.02 Å². The minimum absolute atomic E-state index is 0.00603. The van der Waals surface area contributed by atoms with Crippen molar-refractivity contribution in [2.45, 2.75) is 12.5 Å². The van der Waals surface area contributed by atoms with Gasteiger partial charge in [0.2, 0.25) is 0 Å². The standard InChI is InChI=1S/C10H8Cl2O5/c11-5-1-2-7(6(12)3-5)17-8(10(15)16)4-9(13)14/h1-3,8H,4H2,(H,13,14)(H,15,16)/p-2/t8-/m0/s1. The zero-order valence-corrected chi connectivity index (χ0v) is 9.83.